The minimum absolute atomic E-state index is 0.0108. The Morgan fingerprint density at radius 2 is 1.73 bits per heavy atom. The van der Waals surface area contributed by atoms with E-state index in [9.17, 15) is 27.6 Å². The van der Waals surface area contributed by atoms with Crippen LogP contribution < -0.4 is 15.4 Å². The summed E-state index contributed by atoms with van der Waals surface area (Å²) < 4.78 is 49.6. The van der Waals surface area contributed by atoms with Gasteiger partial charge in [0.05, 0.1) is 35.2 Å². The summed E-state index contributed by atoms with van der Waals surface area (Å²) in [5.41, 5.74) is -1.02. The molecule has 3 amide bonds. The van der Waals surface area contributed by atoms with Gasteiger partial charge in [-0.15, -0.1) is 0 Å². The number of piperidine rings is 1. The van der Waals surface area contributed by atoms with Crippen LogP contribution in [0.3, 0.4) is 0 Å². The lowest BCUT2D eigenvalue weighted by molar-refractivity contribution is -0.141. The molecule has 0 atom stereocenters. The predicted octanol–water partition coefficient (Wildman–Crippen LogP) is 3.88. The normalized spacial score (nSPS) is 15.7. The summed E-state index contributed by atoms with van der Waals surface area (Å²) in [5.74, 6) is -0.565. The number of benzene rings is 1. The highest BCUT2D eigenvalue weighted by molar-refractivity contribution is 6.34. The number of alkyl halides is 3. The zero-order valence-corrected chi connectivity index (χ0v) is 27.4. The maximum atomic E-state index is 14.1. The van der Waals surface area contributed by atoms with Gasteiger partial charge >= 0.3 is 6.18 Å². The van der Waals surface area contributed by atoms with Crippen LogP contribution in [0.2, 0.25) is 5.02 Å². The molecule has 49 heavy (non-hydrogen) atoms. The van der Waals surface area contributed by atoms with Gasteiger partial charge in [0.1, 0.15) is 5.75 Å². The number of imidazole rings is 1. The first kappa shape index (κ1) is 33.9. The van der Waals surface area contributed by atoms with Crippen LogP contribution in [0, 0.1) is 5.92 Å². The maximum absolute atomic E-state index is 14.1. The summed E-state index contributed by atoms with van der Waals surface area (Å²) in [6.07, 6.45) is 0.492. The van der Waals surface area contributed by atoms with E-state index in [0.29, 0.717) is 31.9 Å². The van der Waals surface area contributed by atoms with E-state index in [-0.39, 0.29) is 56.9 Å². The number of nitrogens with one attached hydrogen (secondary N) is 2. The van der Waals surface area contributed by atoms with Crippen molar-refractivity contribution in [3.63, 3.8) is 0 Å². The standard InChI is InChI=1S/C32H33ClF3N9O4/c1-42-25(23-18-45(41-27(23)32(34,35)36)26-16-21(49-2)7-10-38-26)17-39-28(42)29(46)40-20-3-4-22(24(33)15-20)31(48)44-13-11-43(12-14-44)30(47)19-5-8-37-9-6-19/h3-4,7,10,15-19,37H,5-6,8-9,11-14H2,1-2H3,(H,40,46). The van der Waals surface area contributed by atoms with E-state index < -0.39 is 17.8 Å². The molecule has 0 spiro atoms. The monoisotopic (exact) mass is 699 g/mol. The van der Waals surface area contributed by atoms with E-state index in [1.165, 1.54) is 49.2 Å². The lowest BCUT2D eigenvalue weighted by Gasteiger charge is -2.37. The number of amides is 3. The second kappa shape index (κ2) is 13.9. The zero-order chi connectivity index (χ0) is 34.9. The zero-order valence-electron chi connectivity index (χ0n) is 26.6. The molecule has 2 N–H and O–H groups in total. The Labute approximate surface area is 284 Å². The third-order valence-corrected chi connectivity index (χ3v) is 8.97. The van der Waals surface area contributed by atoms with Gasteiger partial charge in [0, 0.05) is 63.3 Å². The molecule has 0 unspecified atom stereocenters. The number of carbonyl (C=O) groups is 3. The van der Waals surface area contributed by atoms with Crippen molar-refractivity contribution in [3.05, 3.63) is 71.0 Å². The van der Waals surface area contributed by atoms with Crippen LogP contribution in [0.25, 0.3) is 17.1 Å². The van der Waals surface area contributed by atoms with Crippen molar-refractivity contribution >= 4 is 35.0 Å². The molecule has 2 saturated heterocycles. The van der Waals surface area contributed by atoms with Gasteiger partial charge in [-0.25, -0.2) is 14.6 Å². The van der Waals surface area contributed by atoms with Gasteiger partial charge in [-0.1, -0.05) is 11.6 Å². The number of hydrogen-bond acceptors (Lipinski definition) is 8. The minimum Gasteiger partial charge on any atom is -0.497 e. The van der Waals surface area contributed by atoms with Crippen LogP contribution in [0.4, 0.5) is 18.9 Å². The summed E-state index contributed by atoms with van der Waals surface area (Å²) in [6.45, 7) is 3.27. The topological polar surface area (TPSA) is 140 Å². The number of nitrogens with zero attached hydrogens (tertiary/aromatic N) is 7. The Hall–Kier alpha value is -4.96. The fraction of sp³-hybridized carbons (Fsp3) is 0.375. The Balaban J connectivity index is 1.14. The van der Waals surface area contributed by atoms with Crippen LogP contribution in [-0.2, 0) is 18.0 Å². The van der Waals surface area contributed by atoms with Crippen molar-refractivity contribution in [1.82, 2.24) is 39.4 Å². The molecule has 2 aliphatic heterocycles. The lowest BCUT2D eigenvalue weighted by atomic mass is 9.96. The highest BCUT2D eigenvalue weighted by atomic mass is 35.5. The highest BCUT2D eigenvalue weighted by Crippen LogP contribution is 2.37. The largest absolute Gasteiger partial charge is 0.497 e. The van der Waals surface area contributed by atoms with Crippen LogP contribution in [-0.4, -0.2) is 98.2 Å². The number of methoxy groups -OCH3 is 1. The van der Waals surface area contributed by atoms with E-state index in [1.54, 1.807) is 11.0 Å². The fourth-order valence-corrected chi connectivity index (χ4v) is 6.25. The molecule has 0 bridgehead atoms. The molecular formula is C32H33ClF3N9O4. The molecule has 2 fully saturated rings. The van der Waals surface area contributed by atoms with Gasteiger partial charge in [0.2, 0.25) is 5.91 Å². The minimum atomic E-state index is -4.82. The number of aromatic nitrogens is 5. The first-order valence-electron chi connectivity index (χ1n) is 15.5. The van der Waals surface area contributed by atoms with Crippen LogP contribution >= 0.6 is 11.6 Å². The molecule has 6 rings (SSSR count). The summed E-state index contributed by atoms with van der Waals surface area (Å²) in [4.78, 5) is 51.0. The molecule has 0 radical (unpaired) electrons. The van der Waals surface area contributed by atoms with Crippen molar-refractivity contribution in [2.24, 2.45) is 13.0 Å². The molecule has 0 saturated carbocycles. The van der Waals surface area contributed by atoms with E-state index in [2.05, 4.69) is 25.7 Å². The fourth-order valence-electron chi connectivity index (χ4n) is 5.99. The van der Waals surface area contributed by atoms with Gasteiger partial charge in [0.25, 0.3) is 11.8 Å². The average Bonchev–Trinajstić information content (AvgIpc) is 3.72. The number of hydrogen-bond donors (Lipinski definition) is 2. The van der Waals surface area contributed by atoms with E-state index >= 15 is 0 Å². The van der Waals surface area contributed by atoms with Crippen molar-refractivity contribution in [2.45, 2.75) is 19.0 Å². The smallest absolute Gasteiger partial charge is 0.435 e. The summed E-state index contributed by atoms with van der Waals surface area (Å²) in [6, 6.07) is 7.40. The highest BCUT2D eigenvalue weighted by Gasteiger charge is 2.39. The molecule has 4 aromatic rings. The van der Waals surface area contributed by atoms with Gasteiger partial charge in [0.15, 0.2) is 17.3 Å². The third kappa shape index (κ3) is 7.10. The van der Waals surface area contributed by atoms with E-state index in [1.807, 2.05) is 4.90 Å². The number of piperazine rings is 1. The number of rotatable bonds is 7. The molecule has 2 aliphatic rings. The van der Waals surface area contributed by atoms with Gasteiger partial charge in [-0.2, -0.15) is 18.3 Å². The van der Waals surface area contributed by atoms with Gasteiger partial charge in [-0.05, 0) is 50.2 Å². The number of halogens is 4. The number of ether oxygens (including phenoxy) is 1. The third-order valence-electron chi connectivity index (χ3n) is 8.66. The second-order valence-corrected chi connectivity index (χ2v) is 12.1. The lowest BCUT2D eigenvalue weighted by Crippen LogP contribution is -2.52. The van der Waals surface area contributed by atoms with Crippen molar-refractivity contribution < 1.29 is 32.3 Å². The van der Waals surface area contributed by atoms with Crippen LogP contribution in [0.15, 0.2) is 48.9 Å². The Bertz CT molecular complexity index is 1880. The summed E-state index contributed by atoms with van der Waals surface area (Å²) in [5, 5.41) is 9.73. The Kier molecular flexibility index (Phi) is 9.61. The second-order valence-electron chi connectivity index (χ2n) is 11.7. The predicted molar refractivity (Wildman–Crippen MR) is 173 cm³/mol. The van der Waals surface area contributed by atoms with Gasteiger partial charge < -0.3 is 29.7 Å². The molecule has 3 aromatic heterocycles. The molecule has 13 nitrogen and oxygen atoms in total. The quantitative estimate of drug-likeness (QED) is 0.296. The van der Waals surface area contributed by atoms with Gasteiger partial charge in [-0.3, -0.25) is 14.4 Å². The Morgan fingerprint density at radius 3 is 2.41 bits per heavy atom. The number of anilines is 1. The summed E-state index contributed by atoms with van der Waals surface area (Å²) in [7, 11) is 2.83. The van der Waals surface area contributed by atoms with Crippen molar-refractivity contribution in [1.29, 1.82) is 0 Å². The van der Waals surface area contributed by atoms with Crippen LogP contribution in [0.1, 0.15) is 39.5 Å². The van der Waals surface area contributed by atoms with E-state index in [0.717, 1.165) is 43.0 Å². The van der Waals surface area contributed by atoms with Crippen LogP contribution in [0.5, 0.6) is 5.75 Å². The van der Waals surface area contributed by atoms with Crippen molar-refractivity contribution in [2.75, 3.05) is 51.7 Å². The van der Waals surface area contributed by atoms with Crippen molar-refractivity contribution in [3.8, 4) is 22.8 Å². The number of pyridine rings is 1. The molecule has 0 aliphatic carbocycles. The molecule has 5 heterocycles. The molecule has 17 heteroatoms. The first-order valence-corrected chi connectivity index (χ1v) is 15.9. The first-order chi connectivity index (χ1) is 23.4. The molecule has 1 aromatic carbocycles. The molecule has 258 valence electrons. The van der Waals surface area contributed by atoms with E-state index in [4.69, 9.17) is 16.3 Å². The number of carbonyl (C=O) groups excluding carboxylic acids is 3. The SMILES string of the molecule is COc1ccnc(-n2cc(-c3cnc(C(=O)Nc4ccc(C(=O)N5CCN(C(=O)C6CCNCC6)CC5)c(Cl)c4)n3C)c(C(F)(F)F)n2)c1. The average molecular weight is 700 g/mol. The summed E-state index contributed by atoms with van der Waals surface area (Å²) >= 11 is 6.48. The maximum Gasteiger partial charge on any atom is 0.435 e. The Morgan fingerprint density at radius 1 is 1.02 bits per heavy atom. The molecular weight excluding hydrogens is 667 g/mol.